The van der Waals surface area contributed by atoms with Crippen LogP contribution >= 0.6 is 22.9 Å². The van der Waals surface area contributed by atoms with Gasteiger partial charge in [0.1, 0.15) is 27.7 Å². The van der Waals surface area contributed by atoms with Crippen molar-refractivity contribution in [3.8, 4) is 11.5 Å². The van der Waals surface area contributed by atoms with E-state index in [1.165, 1.54) is 17.5 Å². The molecule has 5 heterocycles. The van der Waals surface area contributed by atoms with Gasteiger partial charge in [0.15, 0.2) is 10.8 Å². The fourth-order valence-corrected chi connectivity index (χ4v) is 5.42. The molecule has 10 nitrogen and oxygen atoms in total. The zero-order chi connectivity index (χ0) is 23.8. The number of amides is 1. The first kappa shape index (κ1) is 22.9. The number of nitrogens with one attached hydrogen (secondary N) is 2. The number of piperidine rings is 1. The molecule has 4 aromatic heterocycles. The molecule has 2 unspecified atom stereocenters. The first-order valence-corrected chi connectivity index (χ1v) is 12.4. The van der Waals surface area contributed by atoms with E-state index in [2.05, 4.69) is 60.8 Å². The zero-order valence-electron chi connectivity index (χ0n) is 19.2. The van der Waals surface area contributed by atoms with Gasteiger partial charge in [-0.1, -0.05) is 36.8 Å². The second kappa shape index (κ2) is 9.40. The quantitative estimate of drug-likeness (QED) is 0.418. The molecule has 1 aliphatic heterocycles. The van der Waals surface area contributed by atoms with Crippen LogP contribution in [0.4, 0.5) is 0 Å². The number of rotatable bonds is 6. The predicted molar refractivity (Wildman–Crippen MR) is 131 cm³/mol. The van der Waals surface area contributed by atoms with Crippen molar-refractivity contribution < 1.29 is 4.79 Å². The molecule has 0 radical (unpaired) electrons. The molecular formula is C22H26ClN9OS. The number of aromatic nitrogens is 7. The van der Waals surface area contributed by atoms with Crippen molar-refractivity contribution in [2.75, 3.05) is 20.1 Å². The average molecular weight is 500 g/mol. The Labute approximate surface area is 205 Å². The molecule has 1 aliphatic rings. The smallest absolute Gasteiger partial charge is 0.280 e. The Balaban J connectivity index is 1.49. The highest BCUT2D eigenvalue weighted by Crippen LogP contribution is 2.30. The number of aromatic amines is 1. The molecule has 0 spiro atoms. The number of likely N-dealkylation sites (tertiary alicyclic amines) is 1. The Morgan fingerprint density at radius 2 is 2.15 bits per heavy atom. The number of halogens is 1. The molecule has 5 rings (SSSR count). The molecule has 0 aromatic carbocycles. The standard InChI is InChI=1S/C22H26ClN9OS/c1-12(2)4-19-29-16-7-24-15(20-26-11-27-30-20)6-17(16)32(19)14-5-13(9-31(3)10-14)28-21(33)22-25-8-18(23)34-22/h6-8,11-14H,4-5,9-10H2,1-3H3,(H,28,33)(H,26,27,30). The summed E-state index contributed by atoms with van der Waals surface area (Å²) in [6.07, 6.45) is 6.47. The zero-order valence-corrected chi connectivity index (χ0v) is 20.8. The monoisotopic (exact) mass is 499 g/mol. The lowest BCUT2D eigenvalue weighted by molar-refractivity contribution is 0.0892. The molecule has 4 aromatic rings. The van der Waals surface area contributed by atoms with Gasteiger partial charge in [-0.3, -0.25) is 14.9 Å². The summed E-state index contributed by atoms with van der Waals surface area (Å²) in [7, 11) is 2.08. The Morgan fingerprint density at radius 1 is 1.29 bits per heavy atom. The van der Waals surface area contributed by atoms with Gasteiger partial charge in [-0.2, -0.15) is 5.10 Å². The number of imidazole rings is 1. The third-order valence-corrected chi connectivity index (χ3v) is 6.98. The van der Waals surface area contributed by atoms with Gasteiger partial charge in [0, 0.05) is 25.6 Å². The van der Waals surface area contributed by atoms with Gasteiger partial charge in [0.2, 0.25) is 0 Å². The normalized spacial score (nSPS) is 19.2. The van der Waals surface area contributed by atoms with Gasteiger partial charge in [0.05, 0.1) is 24.0 Å². The van der Waals surface area contributed by atoms with Crippen molar-refractivity contribution in [1.82, 2.24) is 44.9 Å². The first-order valence-electron chi connectivity index (χ1n) is 11.2. The van der Waals surface area contributed by atoms with Crippen molar-refractivity contribution >= 4 is 39.9 Å². The minimum absolute atomic E-state index is 0.0300. The number of H-pyrrole nitrogens is 1. The van der Waals surface area contributed by atoms with E-state index < -0.39 is 0 Å². The van der Waals surface area contributed by atoms with Crippen molar-refractivity contribution in [3.63, 3.8) is 0 Å². The molecule has 0 saturated carbocycles. The molecule has 1 amide bonds. The van der Waals surface area contributed by atoms with Crippen LogP contribution < -0.4 is 5.32 Å². The maximum atomic E-state index is 12.7. The predicted octanol–water partition coefficient (Wildman–Crippen LogP) is 3.20. The summed E-state index contributed by atoms with van der Waals surface area (Å²) in [5.74, 6) is 1.83. The van der Waals surface area contributed by atoms with Crippen molar-refractivity contribution in [2.24, 2.45) is 5.92 Å². The van der Waals surface area contributed by atoms with Crippen molar-refractivity contribution in [1.29, 1.82) is 0 Å². The molecule has 2 atom stereocenters. The number of carbonyl (C=O) groups is 1. The van der Waals surface area contributed by atoms with Gasteiger partial charge < -0.3 is 14.8 Å². The molecule has 178 valence electrons. The molecule has 12 heteroatoms. The number of carbonyl (C=O) groups excluding carboxylic acids is 1. The number of hydrogen-bond acceptors (Lipinski definition) is 8. The molecule has 1 saturated heterocycles. The molecule has 2 N–H and O–H groups in total. The van der Waals surface area contributed by atoms with Gasteiger partial charge in [0.25, 0.3) is 5.91 Å². The van der Waals surface area contributed by atoms with E-state index in [0.29, 0.717) is 26.8 Å². The van der Waals surface area contributed by atoms with Crippen LogP contribution in [0.5, 0.6) is 0 Å². The molecule has 34 heavy (non-hydrogen) atoms. The molecule has 1 fully saturated rings. The van der Waals surface area contributed by atoms with E-state index in [9.17, 15) is 4.79 Å². The van der Waals surface area contributed by atoms with E-state index in [1.807, 2.05) is 6.07 Å². The summed E-state index contributed by atoms with van der Waals surface area (Å²) >= 11 is 7.15. The lowest BCUT2D eigenvalue weighted by Crippen LogP contribution is -2.50. The van der Waals surface area contributed by atoms with Crippen LogP contribution in [0.2, 0.25) is 4.34 Å². The highest BCUT2D eigenvalue weighted by Gasteiger charge is 2.31. The number of fused-ring (bicyclic) bond motifs is 1. The number of thiazole rings is 1. The van der Waals surface area contributed by atoms with Gasteiger partial charge in [-0.05, 0) is 25.5 Å². The molecule has 0 bridgehead atoms. The van der Waals surface area contributed by atoms with E-state index >= 15 is 0 Å². The third-order valence-electron chi connectivity index (χ3n) is 5.87. The third kappa shape index (κ3) is 4.68. The fraction of sp³-hybridized carbons (Fsp3) is 0.455. The second-order valence-electron chi connectivity index (χ2n) is 9.13. The number of nitrogens with zero attached hydrogens (tertiary/aromatic N) is 7. The second-order valence-corrected chi connectivity index (χ2v) is 10.8. The van der Waals surface area contributed by atoms with E-state index in [1.54, 1.807) is 12.5 Å². The van der Waals surface area contributed by atoms with E-state index in [4.69, 9.17) is 16.6 Å². The summed E-state index contributed by atoms with van der Waals surface area (Å²) in [6.45, 7) is 5.99. The van der Waals surface area contributed by atoms with Crippen molar-refractivity contribution in [2.45, 2.75) is 38.8 Å². The van der Waals surface area contributed by atoms with Crippen LogP contribution in [-0.4, -0.2) is 71.7 Å². The highest BCUT2D eigenvalue weighted by molar-refractivity contribution is 7.17. The minimum Gasteiger partial charge on any atom is -0.346 e. The summed E-state index contributed by atoms with van der Waals surface area (Å²) in [5, 5.41) is 10.5. The number of pyridine rings is 1. The van der Waals surface area contributed by atoms with Crippen LogP contribution in [-0.2, 0) is 6.42 Å². The highest BCUT2D eigenvalue weighted by atomic mass is 35.5. The minimum atomic E-state index is -0.190. The van der Waals surface area contributed by atoms with E-state index in [0.717, 1.165) is 42.8 Å². The van der Waals surface area contributed by atoms with Crippen molar-refractivity contribution in [3.05, 3.63) is 40.0 Å². The largest absolute Gasteiger partial charge is 0.346 e. The maximum absolute atomic E-state index is 12.7. The fourth-order valence-electron chi connectivity index (χ4n) is 4.61. The lowest BCUT2D eigenvalue weighted by atomic mass is 10.00. The van der Waals surface area contributed by atoms with Crippen LogP contribution in [0.1, 0.15) is 41.9 Å². The van der Waals surface area contributed by atoms with Gasteiger partial charge in [-0.15, -0.1) is 0 Å². The van der Waals surface area contributed by atoms with Crippen LogP contribution in [0.15, 0.2) is 24.8 Å². The van der Waals surface area contributed by atoms with Crippen LogP contribution in [0.25, 0.3) is 22.6 Å². The maximum Gasteiger partial charge on any atom is 0.280 e. The number of hydrogen-bond donors (Lipinski definition) is 2. The van der Waals surface area contributed by atoms with Crippen LogP contribution in [0, 0.1) is 5.92 Å². The van der Waals surface area contributed by atoms with Crippen LogP contribution in [0.3, 0.4) is 0 Å². The Bertz CT molecular complexity index is 1300. The van der Waals surface area contributed by atoms with E-state index in [-0.39, 0.29) is 18.0 Å². The summed E-state index contributed by atoms with van der Waals surface area (Å²) < 4.78 is 2.82. The summed E-state index contributed by atoms with van der Waals surface area (Å²) in [5.41, 5.74) is 2.55. The number of likely N-dealkylation sites (N-methyl/N-ethyl adjacent to an activating group) is 1. The molecular weight excluding hydrogens is 474 g/mol. The average Bonchev–Trinajstić information content (AvgIpc) is 3.52. The SMILES string of the molecule is CC(C)Cc1nc2cnc(-c3nc[nH]n3)cc2n1C1CC(NC(=O)c2ncc(Cl)s2)CN(C)C1. The molecule has 0 aliphatic carbocycles. The summed E-state index contributed by atoms with van der Waals surface area (Å²) in [4.78, 5) is 32.8. The Morgan fingerprint density at radius 3 is 2.85 bits per heavy atom. The topological polar surface area (TPSA) is 118 Å². The Hall–Kier alpha value is -2.89. The van der Waals surface area contributed by atoms with Gasteiger partial charge in [-0.25, -0.2) is 15.0 Å². The lowest BCUT2D eigenvalue weighted by Gasteiger charge is -2.37. The summed E-state index contributed by atoms with van der Waals surface area (Å²) in [6, 6.07) is 2.11. The van der Waals surface area contributed by atoms with Gasteiger partial charge >= 0.3 is 0 Å². The first-order chi connectivity index (χ1) is 16.4. The Kier molecular flexibility index (Phi) is 6.32.